The Bertz CT molecular complexity index is 1020. The average Bonchev–Trinajstić information content (AvgIpc) is 3.30. The van der Waals surface area contributed by atoms with Gasteiger partial charge in [-0.05, 0) is 36.4 Å². The molecule has 4 rings (SSSR count). The van der Waals surface area contributed by atoms with Gasteiger partial charge in [0.05, 0.1) is 5.69 Å². The van der Waals surface area contributed by atoms with Crippen LogP contribution in [0.5, 0.6) is 5.75 Å². The molecule has 0 fully saturated rings. The molecule has 0 radical (unpaired) electrons. The first-order valence-electron chi connectivity index (χ1n) is 7.99. The number of hydrogen-bond donors (Lipinski definition) is 0. The molecule has 0 aliphatic rings. The smallest absolute Gasteiger partial charge is 0.264 e. The molecule has 7 heteroatoms. The fraction of sp³-hybridized carbons (Fsp3) is 0.105. The minimum Gasteiger partial charge on any atom is -0.484 e. The van der Waals surface area contributed by atoms with Crippen LogP contribution in [0.3, 0.4) is 0 Å². The Morgan fingerprint density at radius 3 is 2.65 bits per heavy atom. The largest absolute Gasteiger partial charge is 0.484 e. The second-order valence-electron chi connectivity index (χ2n) is 5.68. The van der Waals surface area contributed by atoms with E-state index in [1.807, 2.05) is 42.1 Å². The molecule has 130 valence electrons. The molecule has 0 N–H and O–H groups in total. The van der Waals surface area contributed by atoms with Crippen LogP contribution in [-0.4, -0.2) is 19.9 Å². The lowest BCUT2D eigenvalue weighted by Crippen LogP contribution is -1.95. The van der Waals surface area contributed by atoms with E-state index in [-0.39, 0.29) is 6.61 Å². The van der Waals surface area contributed by atoms with Gasteiger partial charge in [-0.25, -0.2) is 0 Å². The van der Waals surface area contributed by atoms with Gasteiger partial charge in [0.15, 0.2) is 6.61 Å². The van der Waals surface area contributed by atoms with Crippen molar-refractivity contribution in [1.82, 2.24) is 19.9 Å². The Hall–Kier alpha value is -3.12. The standard InChI is InChI=1S/C19H15ClN4O2/c1-24-17(9-10-21-24)13-3-2-4-14(11-13)19-22-18(26-23-19)12-25-16-7-5-15(20)6-8-16/h2-11H,12H2,1H3. The van der Waals surface area contributed by atoms with Gasteiger partial charge in [0.2, 0.25) is 5.82 Å². The number of rotatable bonds is 5. The highest BCUT2D eigenvalue weighted by Crippen LogP contribution is 2.24. The number of hydrogen-bond acceptors (Lipinski definition) is 5. The summed E-state index contributed by atoms with van der Waals surface area (Å²) in [6.07, 6.45) is 1.77. The van der Waals surface area contributed by atoms with Crippen molar-refractivity contribution in [3.63, 3.8) is 0 Å². The third-order valence-electron chi connectivity index (χ3n) is 3.88. The van der Waals surface area contributed by atoms with Gasteiger partial charge in [-0.15, -0.1) is 0 Å². The van der Waals surface area contributed by atoms with E-state index in [4.69, 9.17) is 20.9 Å². The molecule has 2 heterocycles. The molecule has 0 saturated carbocycles. The topological polar surface area (TPSA) is 66.0 Å². The Morgan fingerprint density at radius 2 is 1.88 bits per heavy atom. The fourth-order valence-electron chi connectivity index (χ4n) is 2.58. The highest BCUT2D eigenvalue weighted by atomic mass is 35.5. The van der Waals surface area contributed by atoms with Gasteiger partial charge in [0, 0.05) is 29.4 Å². The van der Waals surface area contributed by atoms with Gasteiger partial charge < -0.3 is 9.26 Å². The van der Waals surface area contributed by atoms with Crippen LogP contribution in [-0.2, 0) is 13.7 Å². The minimum absolute atomic E-state index is 0.191. The summed E-state index contributed by atoms with van der Waals surface area (Å²) >= 11 is 5.86. The number of aromatic nitrogens is 4. The molecule has 0 spiro atoms. The van der Waals surface area contributed by atoms with E-state index < -0.39 is 0 Å². The predicted octanol–water partition coefficient (Wildman–Crippen LogP) is 4.37. The van der Waals surface area contributed by atoms with Crippen LogP contribution < -0.4 is 4.74 Å². The number of ether oxygens (including phenoxy) is 1. The molecule has 0 unspecified atom stereocenters. The van der Waals surface area contributed by atoms with Crippen LogP contribution in [0, 0.1) is 0 Å². The first-order chi connectivity index (χ1) is 12.7. The summed E-state index contributed by atoms with van der Waals surface area (Å²) in [6.45, 7) is 0.191. The highest BCUT2D eigenvalue weighted by molar-refractivity contribution is 6.30. The van der Waals surface area contributed by atoms with Gasteiger partial charge in [0.25, 0.3) is 5.89 Å². The third-order valence-corrected chi connectivity index (χ3v) is 4.13. The van der Waals surface area contributed by atoms with E-state index in [1.165, 1.54) is 0 Å². The SMILES string of the molecule is Cn1nccc1-c1cccc(-c2noc(COc3ccc(Cl)cc3)n2)c1. The molecule has 4 aromatic rings. The van der Waals surface area contributed by atoms with Crippen molar-refractivity contribution in [2.75, 3.05) is 0 Å². The molecule has 0 saturated heterocycles. The maximum Gasteiger partial charge on any atom is 0.264 e. The van der Waals surface area contributed by atoms with Crippen molar-refractivity contribution in [2.45, 2.75) is 6.61 Å². The zero-order valence-electron chi connectivity index (χ0n) is 14.0. The number of halogens is 1. The monoisotopic (exact) mass is 366 g/mol. The molecular weight excluding hydrogens is 352 g/mol. The summed E-state index contributed by atoms with van der Waals surface area (Å²) in [7, 11) is 1.91. The van der Waals surface area contributed by atoms with Gasteiger partial charge >= 0.3 is 0 Å². The minimum atomic E-state index is 0.191. The first kappa shape index (κ1) is 16.4. The van der Waals surface area contributed by atoms with Crippen molar-refractivity contribution in [2.24, 2.45) is 7.05 Å². The molecule has 2 aromatic heterocycles. The number of benzene rings is 2. The summed E-state index contributed by atoms with van der Waals surface area (Å²) < 4.78 is 12.7. The Balaban J connectivity index is 1.51. The zero-order valence-corrected chi connectivity index (χ0v) is 14.7. The van der Waals surface area contributed by atoms with Gasteiger partial charge in [-0.1, -0.05) is 35.0 Å². The van der Waals surface area contributed by atoms with Crippen molar-refractivity contribution < 1.29 is 9.26 Å². The molecule has 0 aliphatic heterocycles. The quantitative estimate of drug-likeness (QED) is 0.524. The Kier molecular flexibility index (Phi) is 4.41. The average molecular weight is 367 g/mol. The number of nitrogens with zero attached hydrogens (tertiary/aromatic N) is 4. The fourth-order valence-corrected chi connectivity index (χ4v) is 2.71. The van der Waals surface area contributed by atoms with Gasteiger partial charge in [-0.3, -0.25) is 4.68 Å². The van der Waals surface area contributed by atoms with Crippen LogP contribution in [0.25, 0.3) is 22.6 Å². The molecule has 6 nitrogen and oxygen atoms in total. The lowest BCUT2D eigenvalue weighted by molar-refractivity contribution is 0.243. The molecule has 0 atom stereocenters. The summed E-state index contributed by atoms with van der Waals surface area (Å²) in [4.78, 5) is 4.41. The van der Waals surface area contributed by atoms with E-state index in [2.05, 4.69) is 15.2 Å². The van der Waals surface area contributed by atoms with Crippen LogP contribution in [0.2, 0.25) is 5.02 Å². The third kappa shape index (κ3) is 3.45. The molecule has 26 heavy (non-hydrogen) atoms. The zero-order chi connectivity index (χ0) is 17.9. The summed E-state index contributed by atoms with van der Waals surface area (Å²) in [6, 6.07) is 17.0. The molecule has 0 amide bonds. The highest BCUT2D eigenvalue weighted by Gasteiger charge is 2.11. The second kappa shape index (κ2) is 7.01. The maximum atomic E-state index is 5.86. The van der Waals surface area contributed by atoms with E-state index in [9.17, 15) is 0 Å². The van der Waals surface area contributed by atoms with Crippen LogP contribution in [0.15, 0.2) is 65.3 Å². The summed E-state index contributed by atoms with van der Waals surface area (Å²) in [5.41, 5.74) is 2.91. The molecular formula is C19H15ClN4O2. The molecule has 2 aromatic carbocycles. The molecule has 0 aliphatic carbocycles. The van der Waals surface area contributed by atoms with Crippen molar-refractivity contribution >= 4 is 11.6 Å². The van der Waals surface area contributed by atoms with E-state index in [1.54, 1.807) is 30.5 Å². The van der Waals surface area contributed by atoms with Crippen molar-refractivity contribution in [3.8, 4) is 28.4 Å². The van der Waals surface area contributed by atoms with Crippen LogP contribution in [0.1, 0.15) is 5.89 Å². The predicted molar refractivity (Wildman–Crippen MR) is 97.7 cm³/mol. The van der Waals surface area contributed by atoms with E-state index >= 15 is 0 Å². The van der Waals surface area contributed by atoms with Crippen molar-refractivity contribution in [1.29, 1.82) is 0 Å². The summed E-state index contributed by atoms with van der Waals surface area (Å²) in [5.74, 6) is 1.61. The van der Waals surface area contributed by atoms with E-state index in [0.717, 1.165) is 16.8 Å². The van der Waals surface area contributed by atoms with Gasteiger partial charge in [-0.2, -0.15) is 10.1 Å². The van der Waals surface area contributed by atoms with E-state index in [0.29, 0.717) is 22.5 Å². The van der Waals surface area contributed by atoms with Crippen LogP contribution >= 0.6 is 11.6 Å². The normalized spacial score (nSPS) is 10.8. The van der Waals surface area contributed by atoms with Crippen molar-refractivity contribution in [3.05, 3.63) is 71.7 Å². The maximum absolute atomic E-state index is 5.86. The first-order valence-corrected chi connectivity index (χ1v) is 8.36. The summed E-state index contributed by atoms with van der Waals surface area (Å²) in [5, 5.41) is 8.91. The number of aryl methyl sites for hydroxylation is 1. The Labute approximate surface area is 155 Å². The second-order valence-corrected chi connectivity index (χ2v) is 6.11. The molecule has 0 bridgehead atoms. The Morgan fingerprint density at radius 1 is 1.08 bits per heavy atom. The lowest BCUT2D eigenvalue weighted by atomic mass is 10.1. The van der Waals surface area contributed by atoms with Gasteiger partial charge in [0.1, 0.15) is 5.75 Å². The lowest BCUT2D eigenvalue weighted by Gasteiger charge is -2.03. The van der Waals surface area contributed by atoms with Crippen LogP contribution in [0.4, 0.5) is 0 Å².